The summed E-state index contributed by atoms with van der Waals surface area (Å²) in [6.45, 7) is 5.49. The quantitative estimate of drug-likeness (QED) is 0.661. The maximum absolute atomic E-state index is 5.55. The molecule has 0 aliphatic rings. The molecule has 0 aliphatic carbocycles. The van der Waals surface area contributed by atoms with E-state index in [9.17, 15) is 0 Å². The van der Waals surface area contributed by atoms with Crippen molar-refractivity contribution in [1.29, 1.82) is 0 Å². The molecule has 3 heteroatoms. The highest BCUT2D eigenvalue weighted by Crippen LogP contribution is 2.38. The predicted octanol–water partition coefficient (Wildman–Crippen LogP) is 3.61. The van der Waals surface area contributed by atoms with E-state index < -0.39 is 8.38 Å². The van der Waals surface area contributed by atoms with Gasteiger partial charge in [0.05, 0.1) is 13.2 Å². The minimum atomic E-state index is -0.685. The summed E-state index contributed by atoms with van der Waals surface area (Å²) in [4.78, 5) is 0. The second-order valence-corrected chi connectivity index (χ2v) is 4.76. The zero-order valence-electron chi connectivity index (χ0n) is 9.48. The molecule has 0 saturated carbocycles. The molecule has 0 unspecified atom stereocenters. The summed E-state index contributed by atoms with van der Waals surface area (Å²) in [6, 6.07) is 10.5. The number of benzene rings is 1. The average molecular weight is 226 g/mol. The Bertz CT molecular complexity index is 245. The van der Waals surface area contributed by atoms with Gasteiger partial charge in [-0.25, -0.2) is 0 Å². The van der Waals surface area contributed by atoms with Crippen molar-refractivity contribution in [2.24, 2.45) is 0 Å². The molecule has 2 nitrogen and oxygen atoms in total. The van der Waals surface area contributed by atoms with Crippen LogP contribution in [0.5, 0.6) is 0 Å². The number of hydrogen-bond donors (Lipinski definition) is 0. The summed E-state index contributed by atoms with van der Waals surface area (Å²) >= 11 is 0. The van der Waals surface area contributed by atoms with E-state index in [0.717, 1.165) is 25.8 Å². The Kier molecular flexibility index (Phi) is 6.58. The molecule has 0 fully saturated rings. The smallest absolute Gasteiger partial charge is 0.170 e. The van der Waals surface area contributed by atoms with Crippen molar-refractivity contribution < 1.29 is 9.05 Å². The maximum atomic E-state index is 5.55. The SMILES string of the molecule is CCOP(CCc1ccccc1)OCC. The second-order valence-electron chi connectivity index (χ2n) is 3.13. The van der Waals surface area contributed by atoms with Crippen LogP contribution < -0.4 is 0 Å². The number of hydrogen-bond acceptors (Lipinski definition) is 2. The van der Waals surface area contributed by atoms with Gasteiger partial charge in [-0.15, -0.1) is 0 Å². The lowest BCUT2D eigenvalue weighted by molar-refractivity contribution is 0.269. The molecule has 0 aliphatic heterocycles. The molecular weight excluding hydrogens is 207 g/mol. The molecule has 0 aromatic heterocycles. The fraction of sp³-hybridized carbons (Fsp3) is 0.500. The maximum Gasteiger partial charge on any atom is 0.170 e. The first kappa shape index (κ1) is 12.6. The first-order valence-electron chi connectivity index (χ1n) is 5.44. The zero-order valence-corrected chi connectivity index (χ0v) is 10.4. The molecule has 0 N–H and O–H groups in total. The van der Waals surface area contributed by atoms with Crippen LogP contribution in [0.15, 0.2) is 30.3 Å². The van der Waals surface area contributed by atoms with Crippen LogP contribution in [0.2, 0.25) is 0 Å². The van der Waals surface area contributed by atoms with Crippen LogP contribution in [0.4, 0.5) is 0 Å². The fourth-order valence-electron chi connectivity index (χ4n) is 1.32. The van der Waals surface area contributed by atoms with Crippen LogP contribution >= 0.6 is 8.38 Å². The average Bonchev–Trinajstić information content (AvgIpc) is 2.28. The Morgan fingerprint density at radius 1 is 1.00 bits per heavy atom. The highest BCUT2D eigenvalue weighted by molar-refractivity contribution is 7.47. The van der Waals surface area contributed by atoms with Gasteiger partial charge in [0.2, 0.25) is 0 Å². The highest BCUT2D eigenvalue weighted by Gasteiger charge is 2.08. The van der Waals surface area contributed by atoms with Crippen LogP contribution in [0.1, 0.15) is 19.4 Å². The van der Waals surface area contributed by atoms with Crippen molar-refractivity contribution in [2.75, 3.05) is 19.4 Å². The predicted molar refractivity (Wildman–Crippen MR) is 65.2 cm³/mol. The molecule has 1 aromatic carbocycles. The second kappa shape index (κ2) is 7.81. The van der Waals surface area contributed by atoms with Crippen molar-refractivity contribution in [3.63, 3.8) is 0 Å². The van der Waals surface area contributed by atoms with Crippen molar-refractivity contribution >= 4 is 8.38 Å². The molecule has 1 aromatic rings. The van der Waals surface area contributed by atoms with Gasteiger partial charge in [0.25, 0.3) is 0 Å². The molecule has 0 amide bonds. The minimum absolute atomic E-state index is 0.685. The van der Waals surface area contributed by atoms with Gasteiger partial charge in [-0.3, -0.25) is 0 Å². The van der Waals surface area contributed by atoms with Crippen molar-refractivity contribution in [2.45, 2.75) is 20.3 Å². The van der Waals surface area contributed by atoms with Crippen LogP contribution in [0.25, 0.3) is 0 Å². The number of rotatable bonds is 7. The third-order valence-electron chi connectivity index (χ3n) is 1.97. The van der Waals surface area contributed by atoms with Gasteiger partial charge in [0, 0.05) is 6.16 Å². The van der Waals surface area contributed by atoms with Crippen LogP contribution in [0.3, 0.4) is 0 Å². The van der Waals surface area contributed by atoms with Crippen LogP contribution in [-0.2, 0) is 15.5 Å². The topological polar surface area (TPSA) is 18.5 Å². The van der Waals surface area contributed by atoms with E-state index in [4.69, 9.17) is 9.05 Å². The van der Waals surface area contributed by atoms with E-state index in [2.05, 4.69) is 24.3 Å². The first-order chi connectivity index (χ1) is 7.36. The molecule has 1 rings (SSSR count). The zero-order chi connectivity index (χ0) is 10.9. The van der Waals surface area contributed by atoms with Gasteiger partial charge in [-0.2, -0.15) is 0 Å². The Hall–Kier alpha value is -0.430. The summed E-state index contributed by atoms with van der Waals surface area (Å²) in [6.07, 6.45) is 2.02. The van der Waals surface area contributed by atoms with Gasteiger partial charge >= 0.3 is 0 Å². The van der Waals surface area contributed by atoms with Gasteiger partial charge in [0.15, 0.2) is 8.38 Å². The lowest BCUT2D eigenvalue weighted by Gasteiger charge is -2.15. The van der Waals surface area contributed by atoms with E-state index in [1.165, 1.54) is 5.56 Å². The van der Waals surface area contributed by atoms with Crippen LogP contribution in [0, 0.1) is 0 Å². The highest BCUT2D eigenvalue weighted by atomic mass is 31.2. The van der Waals surface area contributed by atoms with Crippen molar-refractivity contribution in [3.8, 4) is 0 Å². The fourth-order valence-corrected chi connectivity index (χ4v) is 2.67. The summed E-state index contributed by atoms with van der Waals surface area (Å²) in [5.74, 6) is 0. The standard InChI is InChI=1S/C12H19O2P/c1-3-13-15(14-4-2)11-10-12-8-6-5-7-9-12/h5-9H,3-4,10-11H2,1-2H3. The largest absolute Gasteiger partial charge is 0.334 e. The molecule has 0 saturated heterocycles. The molecule has 0 heterocycles. The minimum Gasteiger partial charge on any atom is -0.334 e. The first-order valence-corrected chi connectivity index (χ1v) is 6.80. The Balaban J connectivity index is 2.33. The normalized spacial score (nSPS) is 10.9. The van der Waals surface area contributed by atoms with E-state index in [0.29, 0.717) is 0 Å². The van der Waals surface area contributed by atoms with Gasteiger partial charge in [0.1, 0.15) is 0 Å². The summed E-state index contributed by atoms with van der Waals surface area (Å²) in [7, 11) is -0.685. The van der Waals surface area contributed by atoms with E-state index in [-0.39, 0.29) is 0 Å². The Morgan fingerprint density at radius 3 is 2.13 bits per heavy atom. The lowest BCUT2D eigenvalue weighted by atomic mass is 10.2. The third-order valence-corrected chi connectivity index (χ3v) is 3.65. The molecule has 0 atom stereocenters. The lowest BCUT2D eigenvalue weighted by Crippen LogP contribution is -1.98. The van der Waals surface area contributed by atoms with Crippen LogP contribution in [-0.4, -0.2) is 19.4 Å². The summed E-state index contributed by atoms with van der Waals surface area (Å²) in [5.41, 5.74) is 1.35. The Morgan fingerprint density at radius 2 is 1.60 bits per heavy atom. The third kappa shape index (κ3) is 5.27. The molecule has 84 valence electrons. The summed E-state index contributed by atoms with van der Waals surface area (Å²) < 4.78 is 11.1. The number of aryl methyl sites for hydroxylation is 1. The molecule has 0 spiro atoms. The summed E-state index contributed by atoms with van der Waals surface area (Å²) in [5, 5.41) is 0. The van der Waals surface area contributed by atoms with Crippen molar-refractivity contribution in [3.05, 3.63) is 35.9 Å². The molecule has 15 heavy (non-hydrogen) atoms. The van der Waals surface area contributed by atoms with Gasteiger partial charge in [-0.05, 0) is 25.8 Å². The van der Waals surface area contributed by atoms with E-state index in [1.807, 2.05) is 19.9 Å². The molecule has 0 radical (unpaired) electrons. The van der Waals surface area contributed by atoms with Crippen molar-refractivity contribution in [1.82, 2.24) is 0 Å². The van der Waals surface area contributed by atoms with Gasteiger partial charge < -0.3 is 9.05 Å². The monoisotopic (exact) mass is 226 g/mol. The van der Waals surface area contributed by atoms with E-state index in [1.54, 1.807) is 0 Å². The molecule has 0 bridgehead atoms. The molecular formula is C12H19O2P. The Labute approximate surface area is 93.5 Å². The van der Waals surface area contributed by atoms with E-state index >= 15 is 0 Å². The van der Waals surface area contributed by atoms with Gasteiger partial charge in [-0.1, -0.05) is 30.3 Å².